The maximum absolute atomic E-state index is 12.2. The third kappa shape index (κ3) is 3.50. The molecule has 108 valence electrons. The van der Waals surface area contributed by atoms with Crippen molar-refractivity contribution in [1.82, 2.24) is 4.90 Å². The van der Waals surface area contributed by atoms with Crippen LogP contribution in [-0.2, 0) is 4.79 Å². The predicted octanol–water partition coefficient (Wildman–Crippen LogP) is 3.02. The number of para-hydroxylation sites is 1. The minimum Gasteiger partial charge on any atom is -0.481 e. The van der Waals surface area contributed by atoms with Crippen LogP contribution in [0.4, 0.5) is 10.5 Å². The number of benzene rings is 1. The van der Waals surface area contributed by atoms with Crippen molar-refractivity contribution in [3.05, 3.63) is 28.7 Å². The Morgan fingerprint density at radius 1 is 1.35 bits per heavy atom. The molecule has 0 aromatic heterocycles. The van der Waals surface area contributed by atoms with Crippen LogP contribution in [0, 0.1) is 11.8 Å². The van der Waals surface area contributed by atoms with Crippen molar-refractivity contribution in [2.24, 2.45) is 11.8 Å². The number of anilines is 1. The van der Waals surface area contributed by atoms with Gasteiger partial charge >= 0.3 is 12.0 Å². The molecule has 1 aliphatic heterocycles. The molecule has 2 unspecified atom stereocenters. The topological polar surface area (TPSA) is 69.6 Å². The summed E-state index contributed by atoms with van der Waals surface area (Å²) in [7, 11) is 0. The number of aliphatic carboxylic acids is 1. The maximum atomic E-state index is 12.2. The van der Waals surface area contributed by atoms with E-state index >= 15 is 0 Å². The van der Waals surface area contributed by atoms with Crippen molar-refractivity contribution in [3.63, 3.8) is 0 Å². The molecule has 2 atom stereocenters. The maximum Gasteiger partial charge on any atom is 0.321 e. The first-order valence-electron chi connectivity index (χ1n) is 6.50. The van der Waals surface area contributed by atoms with Crippen molar-refractivity contribution in [2.75, 3.05) is 18.4 Å². The van der Waals surface area contributed by atoms with Crippen LogP contribution in [0.3, 0.4) is 0 Å². The van der Waals surface area contributed by atoms with E-state index < -0.39 is 11.9 Å². The average Bonchev–Trinajstić information content (AvgIpc) is 2.40. The number of hydrogen-bond donors (Lipinski definition) is 2. The summed E-state index contributed by atoms with van der Waals surface area (Å²) >= 11 is 3.37. The highest BCUT2D eigenvalue weighted by molar-refractivity contribution is 9.10. The summed E-state index contributed by atoms with van der Waals surface area (Å²) in [6.07, 6.45) is 0.619. The Morgan fingerprint density at radius 2 is 2.05 bits per heavy atom. The summed E-state index contributed by atoms with van der Waals surface area (Å²) in [5.41, 5.74) is 0.683. The Hall–Kier alpha value is -1.56. The lowest BCUT2D eigenvalue weighted by atomic mass is 9.91. The molecule has 0 bridgehead atoms. The van der Waals surface area contributed by atoms with E-state index in [2.05, 4.69) is 21.2 Å². The van der Waals surface area contributed by atoms with E-state index in [9.17, 15) is 9.59 Å². The van der Waals surface area contributed by atoms with Crippen LogP contribution in [0.5, 0.6) is 0 Å². The van der Waals surface area contributed by atoms with Crippen molar-refractivity contribution in [1.29, 1.82) is 0 Å². The minimum absolute atomic E-state index is 0.190. The highest BCUT2D eigenvalue weighted by Gasteiger charge is 2.31. The number of piperidine rings is 1. The average molecular weight is 341 g/mol. The number of carbonyl (C=O) groups is 2. The highest BCUT2D eigenvalue weighted by atomic mass is 79.9. The number of carboxylic acid groups (broad SMARTS) is 1. The van der Waals surface area contributed by atoms with E-state index in [1.807, 2.05) is 25.1 Å². The molecule has 2 amide bonds. The number of halogens is 1. The monoisotopic (exact) mass is 340 g/mol. The number of nitrogens with one attached hydrogen (secondary N) is 1. The van der Waals surface area contributed by atoms with Crippen LogP contribution < -0.4 is 5.32 Å². The fraction of sp³-hybridized carbons (Fsp3) is 0.429. The van der Waals surface area contributed by atoms with Gasteiger partial charge in [0, 0.05) is 17.6 Å². The van der Waals surface area contributed by atoms with Crippen LogP contribution in [0.2, 0.25) is 0 Å². The molecule has 1 fully saturated rings. The first kappa shape index (κ1) is 14.8. The first-order valence-corrected chi connectivity index (χ1v) is 7.30. The molecule has 0 aliphatic carbocycles. The second kappa shape index (κ2) is 6.26. The van der Waals surface area contributed by atoms with Gasteiger partial charge in [0.25, 0.3) is 0 Å². The number of urea groups is 1. The SMILES string of the molecule is CC1CC(C(=O)O)CN(C(=O)Nc2ccccc2Br)C1. The zero-order valence-corrected chi connectivity index (χ0v) is 12.8. The standard InChI is InChI=1S/C14H17BrN2O3/c1-9-6-10(13(18)19)8-17(7-9)14(20)16-12-5-3-2-4-11(12)15/h2-5,9-10H,6-8H2,1H3,(H,16,20)(H,18,19). The normalized spacial score (nSPS) is 22.4. The number of carboxylic acids is 1. The number of likely N-dealkylation sites (tertiary alicyclic amines) is 1. The van der Waals surface area contributed by atoms with Crippen molar-refractivity contribution < 1.29 is 14.7 Å². The number of amides is 2. The number of carbonyl (C=O) groups excluding carboxylic acids is 1. The summed E-state index contributed by atoms with van der Waals surface area (Å²) in [6, 6.07) is 7.08. The molecule has 5 nitrogen and oxygen atoms in total. The Kier molecular flexibility index (Phi) is 4.65. The van der Waals surface area contributed by atoms with E-state index in [4.69, 9.17) is 5.11 Å². The van der Waals surface area contributed by atoms with Crippen LogP contribution in [-0.4, -0.2) is 35.1 Å². The first-order chi connectivity index (χ1) is 9.47. The van der Waals surface area contributed by atoms with Gasteiger partial charge in [0.2, 0.25) is 0 Å². The van der Waals surface area contributed by atoms with Gasteiger partial charge in [0.15, 0.2) is 0 Å². The van der Waals surface area contributed by atoms with E-state index in [-0.39, 0.29) is 18.5 Å². The molecule has 1 saturated heterocycles. The fourth-order valence-electron chi connectivity index (χ4n) is 2.45. The molecular weight excluding hydrogens is 324 g/mol. The molecule has 0 saturated carbocycles. The second-order valence-electron chi connectivity index (χ2n) is 5.19. The Morgan fingerprint density at radius 3 is 2.70 bits per heavy atom. The van der Waals surface area contributed by atoms with Crippen LogP contribution in [0.1, 0.15) is 13.3 Å². The van der Waals surface area contributed by atoms with E-state index in [1.54, 1.807) is 11.0 Å². The van der Waals surface area contributed by atoms with Gasteiger partial charge in [0.1, 0.15) is 0 Å². The lowest BCUT2D eigenvalue weighted by Gasteiger charge is -2.34. The molecule has 0 spiro atoms. The zero-order valence-electron chi connectivity index (χ0n) is 11.2. The molecule has 1 aliphatic rings. The summed E-state index contributed by atoms with van der Waals surface area (Å²) in [6.45, 7) is 2.81. The molecule has 2 N–H and O–H groups in total. The highest BCUT2D eigenvalue weighted by Crippen LogP contribution is 2.25. The quantitative estimate of drug-likeness (QED) is 0.869. The van der Waals surface area contributed by atoms with E-state index in [1.165, 1.54) is 0 Å². The minimum atomic E-state index is -0.838. The molecular formula is C14H17BrN2O3. The summed E-state index contributed by atoms with van der Waals surface area (Å²) in [5.74, 6) is -1.13. The molecule has 1 aromatic rings. The van der Waals surface area contributed by atoms with Gasteiger partial charge < -0.3 is 15.3 Å². The number of rotatable bonds is 2. The van der Waals surface area contributed by atoms with Crippen LogP contribution in [0.15, 0.2) is 28.7 Å². The van der Waals surface area contributed by atoms with Gasteiger partial charge in [0.05, 0.1) is 11.6 Å². The third-order valence-electron chi connectivity index (χ3n) is 3.41. The Bertz CT molecular complexity index is 521. The Labute approximate surface area is 126 Å². The van der Waals surface area contributed by atoms with Gasteiger partial charge in [-0.3, -0.25) is 4.79 Å². The van der Waals surface area contributed by atoms with Gasteiger partial charge in [-0.1, -0.05) is 19.1 Å². The third-order valence-corrected chi connectivity index (χ3v) is 4.10. The molecule has 2 rings (SSSR count). The summed E-state index contributed by atoms with van der Waals surface area (Å²) < 4.78 is 0.799. The van der Waals surface area contributed by atoms with E-state index in [0.29, 0.717) is 18.7 Å². The van der Waals surface area contributed by atoms with Gasteiger partial charge in [-0.05, 0) is 40.4 Å². The van der Waals surface area contributed by atoms with Gasteiger partial charge in [-0.25, -0.2) is 4.79 Å². The van der Waals surface area contributed by atoms with Gasteiger partial charge in [-0.2, -0.15) is 0 Å². The molecule has 6 heteroatoms. The number of nitrogens with zero attached hydrogens (tertiary/aromatic N) is 1. The molecule has 0 radical (unpaired) electrons. The van der Waals surface area contributed by atoms with E-state index in [0.717, 1.165) is 4.47 Å². The van der Waals surface area contributed by atoms with Crippen molar-refractivity contribution in [2.45, 2.75) is 13.3 Å². The number of hydrogen-bond acceptors (Lipinski definition) is 2. The van der Waals surface area contributed by atoms with Crippen LogP contribution in [0.25, 0.3) is 0 Å². The summed E-state index contributed by atoms with van der Waals surface area (Å²) in [5, 5.41) is 11.9. The summed E-state index contributed by atoms with van der Waals surface area (Å²) in [4.78, 5) is 24.9. The second-order valence-corrected chi connectivity index (χ2v) is 6.05. The molecule has 1 heterocycles. The largest absolute Gasteiger partial charge is 0.481 e. The fourth-order valence-corrected chi connectivity index (χ4v) is 2.84. The lowest BCUT2D eigenvalue weighted by molar-refractivity contribution is -0.143. The Balaban J connectivity index is 2.05. The predicted molar refractivity (Wildman–Crippen MR) is 79.6 cm³/mol. The smallest absolute Gasteiger partial charge is 0.321 e. The van der Waals surface area contributed by atoms with Gasteiger partial charge in [-0.15, -0.1) is 0 Å². The molecule has 20 heavy (non-hydrogen) atoms. The van der Waals surface area contributed by atoms with Crippen molar-refractivity contribution >= 4 is 33.6 Å². The molecule has 1 aromatic carbocycles. The van der Waals surface area contributed by atoms with Crippen LogP contribution >= 0.6 is 15.9 Å². The zero-order chi connectivity index (χ0) is 14.7. The lowest BCUT2D eigenvalue weighted by Crippen LogP contribution is -2.47. The van der Waals surface area contributed by atoms with Crippen molar-refractivity contribution in [3.8, 4) is 0 Å².